The monoisotopic (exact) mass is 279 g/mol. The van der Waals surface area contributed by atoms with Gasteiger partial charge in [-0.05, 0) is 42.5 Å². The molecule has 5 nitrogen and oxygen atoms in total. The van der Waals surface area contributed by atoms with E-state index in [4.69, 9.17) is 0 Å². The second kappa shape index (κ2) is 5.16. The first-order valence-electron chi connectivity index (χ1n) is 7.32. The zero-order valence-electron chi connectivity index (χ0n) is 11.7. The van der Waals surface area contributed by atoms with Crippen molar-refractivity contribution in [3.8, 4) is 0 Å². The Balaban J connectivity index is 1.46. The van der Waals surface area contributed by atoms with E-state index in [9.17, 15) is 0 Å². The zero-order chi connectivity index (χ0) is 14.1. The first-order valence-corrected chi connectivity index (χ1v) is 7.32. The van der Waals surface area contributed by atoms with E-state index in [1.165, 1.54) is 17.4 Å². The first-order chi connectivity index (χ1) is 10.4. The van der Waals surface area contributed by atoms with Crippen molar-refractivity contribution in [2.45, 2.75) is 12.8 Å². The number of H-pyrrole nitrogens is 1. The molecule has 0 spiro atoms. The van der Waals surface area contributed by atoms with Gasteiger partial charge in [0.05, 0.1) is 0 Å². The molecule has 5 heteroatoms. The molecule has 106 valence electrons. The summed E-state index contributed by atoms with van der Waals surface area (Å²) >= 11 is 0. The molecule has 0 aliphatic carbocycles. The van der Waals surface area contributed by atoms with Crippen LogP contribution in [0.25, 0.3) is 11.0 Å². The van der Waals surface area contributed by atoms with Gasteiger partial charge >= 0.3 is 0 Å². The number of hydrogen-bond acceptors (Lipinski definition) is 4. The van der Waals surface area contributed by atoms with E-state index in [0.717, 1.165) is 31.1 Å². The van der Waals surface area contributed by atoms with E-state index in [1.54, 1.807) is 12.4 Å². The average molecular weight is 279 g/mol. The molecule has 0 saturated carbocycles. The van der Waals surface area contributed by atoms with Crippen molar-refractivity contribution in [3.05, 3.63) is 48.5 Å². The van der Waals surface area contributed by atoms with Gasteiger partial charge in [0, 0.05) is 43.3 Å². The molecule has 0 aromatic carbocycles. The minimum atomic E-state index is 0.645. The van der Waals surface area contributed by atoms with E-state index >= 15 is 0 Å². The molecule has 1 saturated heterocycles. The van der Waals surface area contributed by atoms with Crippen LogP contribution in [0.1, 0.15) is 12.0 Å². The third-order valence-corrected chi connectivity index (χ3v) is 4.10. The maximum Gasteiger partial charge on any atom is 0.225 e. The lowest BCUT2D eigenvalue weighted by molar-refractivity contribution is 0.585. The molecule has 1 aliphatic heterocycles. The first kappa shape index (κ1) is 12.3. The molecule has 4 heterocycles. The van der Waals surface area contributed by atoms with Crippen LogP contribution in [0.5, 0.6) is 0 Å². The van der Waals surface area contributed by atoms with E-state index in [0.29, 0.717) is 5.92 Å². The van der Waals surface area contributed by atoms with Gasteiger partial charge in [-0.25, -0.2) is 15.0 Å². The largest absolute Gasteiger partial charge is 0.346 e. The third-order valence-electron chi connectivity index (χ3n) is 4.10. The van der Waals surface area contributed by atoms with Crippen LogP contribution in [0, 0.1) is 5.92 Å². The Bertz CT molecular complexity index is 737. The fourth-order valence-electron chi connectivity index (χ4n) is 3.07. The predicted octanol–water partition coefficient (Wildman–Crippen LogP) is 2.42. The van der Waals surface area contributed by atoms with Crippen molar-refractivity contribution in [2.24, 2.45) is 5.92 Å². The minimum absolute atomic E-state index is 0.645. The SMILES string of the molecule is c1cnc(N2CCC(Cc3cnc4[nH]ccc4c3)C2)nc1. The second-order valence-electron chi connectivity index (χ2n) is 5.61. The van der Waals surface area contributed by atoms with E-state index in [1.807, 2.05) is 18.5 Å². The summed E-state index contributed by atoms with van der Waals surface area (Å²) in [6.45, 7) is 2.06. The number of aromatic amines is 1. The molecule has 1 unspecified atom stereocenters. The van der Waals surface area contributed by atoms with Gasteiger partial charge in [-0.3, -0.25) is 0 Å². The van der Waals surface area contributed by atoms with E-state index in [2.05, 4.69) is 37.0 Å². The van der Waals surface area contributed by atoms with Crippen LogP contribution >= 0.6 is 0 Å². The molecule has 1 aliphatic rings. The molecule has 3 aromatic heterocycles. The van der Waals surface area contributed by atoms with Gasteiger partial charge in [-0.1, -0.05) is 0 Å². The maximum absolute atomic E-state index is 4.47. The summed E-state index contributed by atoms with van der Waals surface area (Å²) in [6, 6.07) is 6.17. The highest BCUT2D eigenvalue weighted by Gasteiger charge is 2.24. The Morgan fingerprint density at radius 2 is 2.14 bits per heavy atom. The van der Waals surface area contributed by atoms with Crippen LogP contribution in [-0.4, -0.2) is 33.0 Å². The quantitative estimate of drug-likeness (QED) is 0.800. The number of nitrogens with zero attached hydrogens (tertiary/aromatic N) is 4. The number of rotatable bonds is 3. The van der Waals surface area contributed by atoms with Gasteiger partial charge in [0.25, 0.3) is 0 Å². The van der Waals surface area contributed by atoms with Crippen LogP contribution in [0.3, 0.4) is 0 Å². The second-order valence-corrected chi connectivity index (χ2v) is 5.61. The molecule has 0 bridgehead atoms. The van der Waals surface area contributed by atoms with E-state index < -0.39 is 0 Å². The molecule has 0 radical (unpaired) electrons. The van der Waals surface area contributed by atoms with Crippen molar-refractivity contribution < 1.29 is 0 Å². The van der Waals surface area contributed by atoms with Crippen LogP contribution < -0.4 is 4.90 Å². The van der Waals surface area contributed by atoms with Crippen LogP contribution in [-0.2, 0) is 6.42 Å². The number of nitrogens with one attached hydrogen (secondary N) is 1. The Morgan fingerprint density at radius 1 is 1.24 bits per heavy atom. The standard InChI is InChI=1S/C16H17N5/c1-4-18-16(19-5-1)21-7-3-12(11-21)8-13-9-14-2-6-17-15(14)20-10-13/h1-2,4-6,9-10,12H,3,7-8,11H2,(H,17,20). The van der Waals surface area contributed by atoms with Crippen molar-refractivity contribution in [3.63, 3.8) is 0 Å². The van der Waals surface area contributed by atoms with Gasteiger partial charge in [0.1, 0.15) is 5.65 Å². The van der Waals surface area contributed by atoms with Crippen molar-refractivity contribution in [2.75, 3.05) is 18.0 Å². The smallest absolute Gasteiger partial charge is 0.225 e. The highest BCUT2D eigenvalue weighted by Crippen LogP contribution is 2.24. The van der Waals surface area contributed by atoms with Gasteiger partial charge in [0.2, 0.25) is 5.95 Å². The molecule has 21 heavy (non-hydrogen) atoms. The Morgan fingerprint density at radius 3 is 3.05 bits per heavy atom. The summed E-state index contributed by atoms with van der Waals surface area (Å²) in [4.78, 5) is 18.5. The summed E-state index contributed by atoms with van der Waals surface area (Å²) in [5, 5.41) is 1.19. The molecular weight excluding hydrogens is 262 g/mol. The molecule has 1 fully saturated rings. The van der Waals surface area contributed by atoms with E-state index in [-0.39, 0.29) is 0 Å². The summed E-state index contributed by atoms with van der Waals surface area (Å²) in [5.74, 6) is 1.49. The van der Waals surface area contributed by atoms with Gasteiger partial charge in [0.15, 0.2) is 0 Å². The number of anilines is 1. The van der Waals surface area contributed by atoms with Crippen molar-refractivity contribution in [1.82, 2.24) is 19.9 Å². The fourth-order valence-corrected chi connectivity index (χ4v) is 3.07. The molecule has 0 amide bonds. The maximum atomic E-state index is 4.47. The lowest BCUT2D eigenvalue weighted by Crippen LogP contribution is -2.22. The van der Waals surface area contributed by atoms with Crippen LogP contribution in [0.15, 0.2) is 43.0 Å². The highest BCUT2D eigenvalue weighted by atomic mass is 15.3. The lowest BCUT2D eigenvalue weighted by Gasteiger charge is -2.15. The van der Waals surface area contributed by atoms with Gasteiger partial charge in [-0.2, -0.15) is 0 Å². The predicted molar refractivity (Wildman–Crippen MR) is 82.1 cm³/mol. The zero-order valence-corrected chi connectivity index (χ0v) is 11.7. The molecule has 1 atom stereocenters. The van der Waals surface area contributed by atoms with Crippen LogP contribution in [0.4, 0.5) is 5.95 Å². The number of pyridine rings is 1. The summed E-state index contributed by atoms with van der Waals surface area (Å²) < 4.78 is 0. The molecular formula is C16H17N5. The number of fused-ring (bicyclic) bond motifs is 1. The van der Waals surface area contributed by atoms with Crippen LogP contribution in [0.2, 0.25) is 0 Å². The Kier molecular flexibility index (Phi) is 3.03. The van der Waals surface area contributed by atoms with Crippen molar-refractivity contribution in [1.29, 1.82) is 0 Å². The number of hydrogen-bond donors (Lipinski definition) is 1. The topological polar surface area (TPSA) is 57.7 Å². The lowest BCUT2D eigenvalue weighted by atomic mass is 9.99. The average Bonchev–Trinajstić information content (AvgIpc) is 3.17. The third kappa shape index (κ3) is 2.46. The molecule has 4 rings (SSSR count). The van der Waals surface area contributed by atoms with Crippen molar-refractivity contribution >= 4 is 17.0 Å². The normalized spacial score (nSPS) is 18.5. The van der Waals surface area contributed by atoms with Gasteiger partial charge in [-0.15, -0.1) is 0 Å². The summed E-state index contributed by atoms with van der Waals surface area (Å²) in [6.07, 6.45) is 9.78. The van der Waals surface area contributed by atoms with Gasteiger partial charge < -0.3 is 9.88 Å². The Hall–Kier alpha value is -2.43. The highest BCUT2D eigenvalue weighted by molar-refractivity contribution is 5.75. The fraction of sp³-hybridized carbons (Fsp3) is 0.312. The summed E-state index contributed by atoms with van der Waals surface area (Å²) in [5.41, 5.74) is 2.27. The Labute approximate surface area is 123 Å². The molecule has 1 N–H and O–H groups in total. The number of aromatic nitrogens is 4. The summed E-state index contributed by atoms with van der Waals surface area (Å²) in [7, 11) is 0. The minimum Gasteiger partial charge on any atom is -0.346 e. The molecule has 3 aromatic rings.